The molecule has 2 atom stereocenters. The van der Waals surface area contributed by atoms with Gasteiger partial charge in [-0.25, -0.2) is 4.39 Å². The Labute approximate surface area is 146 Å². The molecule has 2 N–H and O–H groups in total. The molecule has 4 nitrogen and oxygen atoms in total. The summed E-state index contributed by atoms with van der Waals surface area (Å²) < 4.78 is 18.7. The van der Waals surface area contributed by atoms with E-state index in [9.17, 15) is 9.18 Å². The molecule has 1 amide bonds. The SMILES string of the molecule is COc1ccc(F)cc1C(=O)N1C[C@@H](N)[C@H](c2ccccc2)C1.Cl. The molecule has 1 fully saturated rings. The largest absolute Gasteiger partial charge is 0.496 e. The maximum Gasteiger partial charge on any atom is 0.257 e. The first-order chi connectivity index (χ1) is 11.1. The molecule has 128 valence electrons. The normalized spacial score (nSPS) is 19.7. The van der Waals surface area contributed by atoms with Crippen molar-refractivity contribution in [1.29, 1.82) is 0 Å². The van der Waals surface area contributed by atoms with Crippen molar-refractivity contribution in [3.05, 3.63) is 65.5 Å². The molecule has 0 aliphatic carbocycles. The predicted octanol–water partition coefficient (Wildman–Crippen LogP) is 2.82. The Hall–Kier alpha value is -2.11. The van der Waals surface area contributed by atoms with E-state index in [2.05, 4.69) is 0 Å². The number of carbonyl (C=O) groups is 1. The lowest BCUT2D eigenvalue weighted by atomic mass is 9.95. The molecule has 1 saturated heterocycles. The first kappa shape index (κ1) is 18.2. The Balaban J connectivity index is 0.00000208. The summed E-state index contributed by atoms with van der Waals surface area (Å²) in [5, 5.41) is 0. The molecule has 2 aromatic rings. The summed E-state index contributed by atoms with van der Waals surface area (Å²) >= 11 is 0. The van der Waals surface area contributed by atoms with Gasteiger partial charge in [-0.15, -0.1) is 12.4 Å². The van der Waals surface area contributed by atoms with Crippen LogP contribution in [0.3, 0.4) is 0 Å². The van der Waals surface area contributed by atoms with E-state index in [-0.39, 0.29) is 35.8 Å². The summed E-state index contributed by atoms with van der Waals surface area (Å²) in [5.74, 6) is -0.264. The number of rotatable bonds is 3. The van der Waals surface area contributed by atoms with Gasteiger partial charge in [-0.1, -0.05) is 30.3 Å². The topological polar surface area (TPSA) is 55.6 Å². The number of hydrogen-bond acceptors (Lipinski definition) is 3. The molecule has 0 radical (unpaired) electrons. The summed E-state index contributed by atoms with van der Waals surface area (Å²) in [5.41, 5.74) is 7.56. The van der Waals surface area contributed by atoms with E-state index < -0.39 is 5.82 Å². The number of hydrogen-bond donors (Lipinski definition) is 1. The standard InChI is InChI=1S/C18H19FN2O2.ClH/c1-23-17-8-7-13(19)9-14(17)18(22)21-10-15(16(20)11-21)12-5-3-2-4-6-12;/h2-9,15-16H,10-11,20H2,1H3;1H/t15-,16+;/m0./s1. The fourth-order valence-corrected chi connectivity index (χ4v) is 3.07. The summed E-state index contributed by atoms with van der Waals surface area (Å²) in [7, 11) is 1.46. The third kappa shape index (κ3) is 3.52. The van der Waals surface area contributed by atoms with E-state index in [1.54, 1.807) is 4.90 Å². The lowest BCUT2D eigenvalue weighted by Crippen LogP contribution is -2.32. The Morgan fingerprint density at radius 1 is 1.21 bits per heavy atom. The third-order valence-corrected chi connectivity index (χ3v) is 4.27. The smallest absolute Gasteiger partial charge is 0.257 e. The summed E-state index contributed by atoms with van der Waals surface area (Å²) in [6, 6.07) is 13.7. The third-order valence-electron chi connectivity index (χ3n) is 4.27. The second-order valence-corrected chi connectivity index (χ2v) is 5.74. The van der Waals surface area contributed by atoms with Gasteiger partial charge in [0.15, 0.2) is 0 Å². The number of likely N-dealkylation sites (tertiary alicyclic amines) is 1. The second kappa shape index (κ2) is 7.64. The van der Waals surface area contributed by atoms with E-state index in [1.807, 2.05) is 30.3 Å². The first-order valence-electron chi connectivity index (χ1n) is 7.53. The molecular weight excluding hydrogens is 331 g/mol. The Bertz CT molecular complexity index is 711. The molecular formula is C18H20ClFN2O2. The van der Waals surface area contributed by atoms with Gasteiger partial charge >= 0.3 is 0 Å². The van der Waals surface area contributed by atoms with E-state index in [0.29, 0.717) is 18.8 Å². The van der Waals surface area contributed by atoms with Crippen LogP contribution in [0.1, 0.15) is 21.8 Å². The zero-order valence-electron chi connectivity index (χ0n) is 13.3. The molecule has 1 aliphatic rings. The zero-order valence-corrected chi connectivity index (χ0v) is 14.1. The highest BCUT2D eigenvalue weighted by Gasteiger charge is 2.35. The van der Waals surface area contributed by atoms with Gasteiger partial charge in [-0.2, -0.15) is 0 Å². The van der Waals surface area contributed by atoms with Gasteiger partial charge in [0.05, 0.1) is 12.7 Å². The van der Waals surface area contributed by atoms with Crippen LogP contribution in [0.5, 0.6) is 5.75 Å². The number of methoxy groups -OCH3 is 1. The minimum Gasteiger partial charge on any atom is -0.496 e. The average Bonchev–Trinajstić information content (AvgIpc) is 2.97. The molecule has 0 saturated carbocycles. The van der Waals surface area contributed by atoms with Crippen molar-refractivity contribution in [3.8, 4) is 5.75 Å². The van der Waals surface area contributed by atoms with E-state index in [4.69, 9.17) is 10.5 Å². The maximum atomic E-state index is 13.5. The number of ether oxygens (including phenoxy) is 1. The number of nitrogens with two attached hydrogens (primary N) is 1. The van der Waals surface area contributed by atoms with Gasteiger partial charge < -0.3 is 15.4 Å². The van der Waals surface area contributed by atoms with Crippen LogP contribution in [0, 0.1) is 5.82 Å². The number of halogens is 2. The molecule has 0 bridgehead atoms. The molecule has 3 rings (SSSR count). The predicted molar refractivity (Wildman–Crippen MR) is 93.3 cm³/mol. The molecule has 0 unspecified atom stereocenters. The average molecular weight is 351 g/mol. The molecule has 0 aromatic heterocycles. The number of benzene rings is 2. The van der Waals surface area contributed by atoms with Gasteiger partial charge in [0.2, 0.25) is 0 Å². The molecule has 24 heavy (non-hydrogen) atoms. The van der Waals surface area contributed by atoms with Crippen LogP contribution >= 0.6 is 12.4 Å². The van der Waals surface area contributed by atoms with Gasteiger partial charge in [-0.05, 0) is 23.8 Å². The van der Waals surface area contributed by atoms with Gasteiger partial charge in [0.1, 0.15) is 11.6 Å². The lowest BCUT2D eigenvalue weighted by molar-refractivity contribution is 0.0785. The lowest BCUT2D eigenvalue weighted by Gasteiger charge is -2.18. The van der Waals surface area contributed by atoms with Crippen LogP contribution in [0.25, 0.3) is 0 Å². The van der Waals surface area contributed by atoms with Crippen LogP contribution in [0.15, 0.2) is 48.5 Å². The molecule has 2 aromatic carbocycles. The highest BCUT2D eigenvalue weighted by molar-refractivity contribution is 5.97. The molecule has 0 spiro atoms. The van der Waals surface area contributed by atoms with Crippen molar-refractivity contribution in [3.63, 3.8) is 0 Å². The Kier molecular flexibility index (Phi) is 5.80. The zero-order chi connectivity index (χ0) is 16.4. The van der Waals surface area contributed by atoms with Gasteiger partial charge in [-0.3, -0.25) is 4.79 Å². The van der Waals surface area contributed by atoms with Gasteiger partial charge in [0.25, 0.3) is 5.91 Å². The number of amides is 1. The first-order valence-corrected chi connectivity index (χ1v) is 7.53. The van der Waals surface area contributed by atoms with Crippen LogP contribution < -0.4 is 10.5 Å². The van der Waals surface area contributed by atoms with Crippen LogP contribution in [0.2, 0.25) is 0 Å². The fraction of sp³-hybridized carbons (Fsp3) is 0.278. The van der Waals surface area contributed by atoms with Crippen molar-refractivity contribution in [2.24, 2.45) is 5.73 Å². The van der Waals surface area contributed by atoms with Crippen LogP contribution in [-0.2, 0) is 0 Å². The summed E-state index contributed by atoms with van der Waals surface area (Å²) in [4.78, 5) is 14.4. The van der Waals surface area contributed by atoms with Crippen molar-refractivity contribution in [2.45, 2.75) is 12.0 Å². The van der Waals surface area contributed by atoms with Crippen molar-refractivity contribution >= 4 is 18.3 Å². The van der Waals surface area contributed by atoms with Crippen molar-refractivity contribution in [1.82, 2.24) is 4.90 Å². The Morgan fingerprint density at radius 2 is 1.92 bits per heavy atom. The van der Waals surface area contributed by atoms with Crippen molar-refractivity contribution < 1.29 is 13.9 Å². The summed E-state index contributed by atoms with van der Waals surface area (Å²) in [6.45, 7) is 0.960. The maximum absolute atomic E-state index is 13.5. The number of carbonyl (C=O) groups excluding carboxylic acids is 1. The van der Waals surface area contributed by atoms with E-state index in [0.717, 1.165) is 5.56 Å². The molecule has 1 aliphatic heterocycles. The number of nitrogens with zero attached hydrogens (tertiary/aromatic N) is 1. The van der Waals surface area contributed by atoms with E-state index >= 15 is 0 Å². The molecule has 1 heterocycles. The quantitative estimate of drug-likeness (QED) is 0.926. The van der Waals surface area contributed by atoms with Gasteiger partial charge in [0, 0.05) is 25.0 Å². The summed E-state index contributed by atoms with van der Waals surface area (Å²) in [6.07, 6.45) is 0. The highest BCUT2D eigenvalue weighted by Crippen LogP contribution is 2.29. The highest BCUT2D eigenvalue weighted by atomic mass is 35.5. The Morgan fingerprint density at radius 3 is 2.58 bits per heavy atom. The van der Waals surface area contributed by atoms with Crippen molar-refractivity contribution in [2.75, 3.05) is 20.2 Å². The second-order valence-electron chi connectivity index (χ2n) is 5.74. The minimum absolute atomic E-state index is 0. The molecule has 6 heteroatoms. The van der Waals surface area contributed by atoms with E-state index in [1.165, 1.54) is 25.3 Å². The minimum atomic E-state index is -0.461. The van der Waals surface area contributed by atoms with Crippen LogP contribution in [0.4, 0.5) is 4.39 Å². The monoisotopic (exact) mass is 350 g/mol. The fourth-order valence-electron chi connectivity index (χ4n) is 3.07. The van der Waals surface area contributed by atoms with Crippen LogP contribution in [-0.4, -0.2) is 37.0 Å².